The van der Waals surface area contributed by atoms with Crippen molar-refractivity contribution in [1.82, 2.24) is 5.32 Å². The minimum absolute atomic E-state index is 0.120. The van der Waals surface area contributed by atoms with Crippen molar-refractivity contribution >= 4 is 0 Å². The van der Waals surface area contributed by atoms with Gasteiger partial charge in [0.2, 0.25) is 0 Å². The molecular weight excluding hydrogens is 325 g/mol. The van der Waals surface area contributed by atoms with E-state index in [1.807, 2.05) is 0 Å². The number of alkyl halides is 3. The Kier molecular flexibility index (Phi) is 4.58. The van der Waals surface area contributed by atoms with Gasteiger partial charge in [-0.15, -0.1) is 0 Å². The van der Waals surface area contributed by atoms with Crippen LogP contribution in [0.25, 0.3) is 11.1 Å². The normalized spacial score (nSPS) is 16.4. The molecule has 0 bridgehead atoms. The molecule has 3 rings (SSSR count). The molecule has 1 heterocycles. The fourth-order valence-electron chi connectivity index (χ4n) is 3.08. The molecule has 2 aromatic carbocycles. The summed E-state index contributed by atoms with van der Waals surface area (Å²) in [5.74, 6) is -1.25. The molecule has 6 heteroatoms. The highest BCUT2D eigenvalue weighted by atomic mass is 19.4. The van der Waals surface area contributed by atoms with Crippen LogP contribution in [-0.4, -0.2) is 13.1 Å². The zero-order valence-corrected chi connectivity index (χ0v) is 12.8. The van der Waals surface area contributed by atoms with Crippen molar-refractivity contribution in [3.8, 4) is 11.1 Å². The van der Waals surface area contributed by atoms with Crippen molar-refractivity contribution < 1.29 is 22.0 Å². The van der Waals surface area contributed by atoms with Gasteiger partial charge in [0, 0.05) is 5.56 Å². The number of rotatable bonds is 2. The average Bonchev–Trinajstić information content (AvgIpc) is 2.54. The Morgan fingerprint density at radius 2 is 1.62 bits per heavy atom. The second-order valence-electron chi connectivity index (χ2n) is 5.99. The van der Waals surface area contributed by atoms with E-state index in [0.29, 0.717) is 11.6 Å². The van der Waals surface area contributed by atoms with Gasteiger partial charge in [0.1, 0.15) is 11.6 Å². The Morgan fingerprint density at radius 1 is 0.917 bits per heavy atom. The van der Waals surface area contributed by atoms with Gasteiger partial charge < -0.3 is 5.32 Å². The lowest BCUT2D eigenvalue weighted by Gasteiger charge is -2.23. The van der Waals surface area contributed by atoms with E-state index in [-0.39, 0.29) is 17.0 Å². The molecule has 0 atom stereocenters. The molecule has 128 valence electrons. The Morgan fingerprint density at radius 3 is 2.29 bits per heavy atom. The summed E-state index contributed by atoms with van der Waals surface area (Å²) in [5, 5.41) is 3.20. The molecule has 1 nitrogen and oxygen atoms in total. The second-order valence-corrected chi connectivity index (χ2v) is 5.99. The van der Waals surface area contributed by atoms with Gasteiger partial charge in [0.15, 0.2) is 0 Å². The van der Waals surface area contributed by atoms with Crippen LogP contribution in [0.1, 0.15) is 29.9 Å². The molecule has 1 fully saturated rings. The van der Waals surface area contributed by atoms with E-state index in [1.165, 1.54) is 6.07 Å². The zero-order chi connectivity index (χ0) is 17.3. The molecular formula is C18H16F5N. The Labute approximate surface area is 136 Å². The molecule has 0 spiro atoms. The third-order valence-corrected chi connectivity index (χ3v) is 4.34. The maximum absolute atomic E-state index is 14.0. The molecule has 1 N–H and O–H groups in total. The summed E-state index contributed by atoms with van der Waals surface area (Å²) in [6.45, 7) is 1.60. The van der Waals surface area contributed by atoms with Gasteiger partial charge in [-0.2, -0.15) is 13.2 Å². The van der Waals surface area contributed by atoms with Crippen molar-refractivity contribution in [3.63, 3.8) is 0 Å². The lowest BCUT2D eigenvalue weighted by Crippen LogP contribution is -2.26. The Hall–Kier alpha value is -1.95. The number of benzene rings is 2. The van der Waals surface area contributed by atoms with Gasteiger partial charge in [-0.3, -0.25) is 0 Å². The third kappa shape index (κ3) is 3.59. The van der Waals surface area contributed by atoms with Gasteiger partial charge in [-0.05, 0) is 73.3 Å². The van der Waals surface area contributed by atoms with Crippen LogP contribution in [0.2, 0.25) is 0 Å². The van der Waals surface area contributed by atoms with Gasteiger partial charge in [-0.25, -0.2) is 8.78 Å². The first-order valence-corrected chi connectivity index (χ1v) is 7.73. The molecule has 1 aliphatic rings. The minimum Gasteiger partial charge on any atom is -0.317 e. The summed E-state index contributed by atoms with van der Waals surface area (Å²) in [6, 6.07) is 6.24. The van der Waals surface area contributed by atoms with Crippen LogP contribution in [0.4, 0.5) is 22.0 Å². The molecule has 0 amide bonds. The van der Waals surface area contributed by atoms with Crippen molar-refractivity contribution in [2.45, 2.75) is 24.9 Å². The fourth-order valence-corrected chi connectivity index (χ4v) is 3.08. The van der Waals surface area contributed by atoms with Crippen molar-refractivity contribution in [3.05, 3.63) is 59.2 Å². The highest BCUT2D eigenvalue weighted by molar-refractivity contribution is 5.66. The number of hydrogen-bond acceptors (Lipinski definition) is 1. The van der Waals surface area contributed by atoms with E-state index in [0.717, 1.165) is 44.1 Å². The monoisotopic (exact) mass is 341 g/mol. The van der Waals surface area contributed by atoms with E-state index in [4.69, 9.17) is 0 Å². The molecule has 2 aromatic rings. The first-order chi connectivity index (χ1) is 11.3. The van der Waals surface area contributed by atoms with E-state index in [1.54, 1.807) is 6.07 Å². The standard InChI is InChI=1S/C18H16F5N/c19-15-8-12(11-3-5-24-6-4-11)7-13(9-15)16-10-14(18(21,22)23)1-2-17(16)20/h1-2,7-11,24H,3-6H2. The average molecular weight is 341 g/mol. The van der Waals surface area contributed by atoms with Gasteiger partial charge in [0.05, 0.1) is 5.56 Å². The highest BCUT2D eigenvalue weighted by Gasteiger charge is 2.31. The first-order valence-electron chi connectivity index (χ1n) is 7.73. The topological polar surface area (TPSA) is 12.0 Å². The Bertz CT molecular complexity index is 733. The van der Waals surface area contributed by atoms with Crippen LogP contribution < -0.4 is 5.32 Å². The smallest absolute Gasteiger partial charge is 0.317 e. The van der Waals surface area contributed by atoms with E-state index in [9.17, 15) is 22.0 Å². The molecule has 0 radical (unpaired) electrons. The SMILES string of the molecule is Fc1cc(-c2cc(C(F)(F)F)ccc2F)cc(C2CCNCC2)c1. The fraction of sp³-hybridized carbons (Fsp3) is 0.333. The number of hydrogen-bond donors (Lipinski definition) is 1. The molecule has 0 unspecified atom stereocenters. The van der Waals surface area contributed by atoms with E-state index >= 15 is 0 Å². The quantitative estimate of drug-likeness (QED) is 0.748. The maximum atomic E-state index is 14.0. The summed E-state index contributed by atoms with van der Waals surface area (Å²) < 4.78 is 66.6. The van der Waals surface area contributed by atoms with E-state index < -0.39 is 23.4 Å². The Balaban J connectivity index is 2.04. The lowest BCUT2D eigenvalue weighted by molar-refractivity contribution is -0.137. The van der Waals surface area contributed by atoms with Crippen LogP contribution in [0.15, 0.2) is 36.4 Å². The minimum atomic E-state index is -4.58. The predicted molar refractivity (Wildman–Crippen MR) is 81.6 cm³/mol. The van der Waals surface area contributed by atoms with Gasteiger partial charge >= 0.3 is 6.18 Å². The largest absolute Gasteiger partial charge is 0.416 e. The molecule has 0 aliphatic carbocycles. The summed E-state index contributed by atoms with van der Waals surface area (Å²) in [7, 11) is 0. The summed E-state index contributed by atoms with van der Waals surface area (Å²) in [4.78, 5) is 0. The lowest BCUT2D eigenvalue weighted by atomic mass is 9.88. The number of halogens is 5. The van der Waals surface area contributed by atoms with Gasteiger partial charge in [-0.1, -0.05) is 6.07 Å². The summed E-state index contributed by atoms with van der Waals surface area (Å²) in [6.07, 6.45) is -2.95. The first kappa shape index (κ1) is 16.9. The van der Waals surface area contributed by atoms with Gasteiger partial charge in [0.25, 0.3) is 0 Å². The third-order valence-electron chi connectivity index (χ3n) is 4.34. The predicted octanol–water partition coefficient (Wildman–Crippen LogP) is 5.12. The molecule has 0 saturated carbocycles. The highest BCUT2D eigenvalue weighted by Crippen LogP contribution is 2.35. The van der Waals surface area contributed by atoms with Crippen LogP contribution >= 0.6 is 0 Å². The zero-order valence-electron chi connectivity index (χ0n) is 12.8. The van der Waals surface area contributed by atoms with Crippen LogP contribution in [0.5, 0.6) is 0 Å². The molecule has 24 heavy (non-hydrogen) atoms. The maximum Gasteiger partial charge on any atom is 0.416 e. The molecule has 1 aliphatic heterocycles. The van der Waals surface area contributed by atoms with Crippen molar-refractivity contribution in [2.24, 2.45) is 0 Å². The van der Waals surface area contributed by atoms with Crippen molar-refractivity contribution in [1.29, 1.82) is 0 Å². The molecule has 1 saturated heterocycles. The van der Waals surface area contributed by atoms with Crippen LogP contribution in [0.3, 0.4) is 0 Å². The number of piperidine rings is 1. The van der Waals surface area contributed by atoms with Crippen molar-refractivity contribution in [2.75, 3.05) is 13.1 Å². The second kappa shape index (κ2) is 6.51. The summed E-state index contributed by atoms with van der Waals surface area (Å²) in [5.41, 5.74) is -0.360. The van der Waals surface area contributed by atoms with Crippen LogP contribution in [0, 0.1) is 11.6 Å². The summed E-state index contributed by atoms with van der Waals surface area (Å²) >= 11 is 0. The van der Waals surface area contributed by atoms with Crippen LogP contribution in [-0.2, 0) is 6.18 Å². The molecule has 0 aromatic heterocycles. The van der Waals surface area contributed by atoms with E-state index in [2.05, 4.69) is 5.32 Å². The number of nitrogens with one attached hydrogen (secondary N) is 1.